The van der Waals surface area contributed by atoms with E-state index in [2.05, 4.69) is 5.32 Å². The third-order valence-electron chi connectivity index (χ3n) is 4.38. The molecule has 2 N–H and O–H groups in total. The largest absolute Gasteiger partial charge is 0.481 e. The standard InChI is InChI=1S/C19H20N2O5/c22-17(23)12-13-6-8-14(9-7-13)20-18(24)15-4-1-2-10-21(15)19(25)16-5-3-11-26-16/h3,5-9,11,15H,1-2,4,10,12H2,(H,20,24)(H,22,23). The smallest absolute Gasteiger partial charge is 0.307 e. The normalized spacial score (nSPS) is 16.9. The van der Waals surface area contributed by atoms with Crippen LogP contribution >= 0.6 is 0 Å². The number of piperidine rings is 1. The van der Waals surface area contributed by atoms with Gasteiger partial charge in [0.2, 0.25) is 5.91 Å². The Hall–Kier alpha value is -3.09. The second-order valence-electron chi connectivity index (χ2n) is 6.24. The van der Waals surface area contributed by atoms with Crippen molar-refractivity contribution in [3.05, 3.63) is 54.0 Å². The third kappa shape index (κ3) is 4.11. The van der Waals surface area contributed by atoms with Gasteiger partial charge in [-0.15, -0.1) is 0 Å². The highest BCUT2D eigenvalue weighted by Crippen LogP contribution is 2.22. The van der Waals surface area contributed by atoms with Gasteiger partial charge in [-0.05, 0) is 49.1 Å². The minimum absolute atomic E-state index is 0.0672. The molecular weight excluding hydrogens is 336 g/mol. The second kappa shape index (κ2) is 7.86. The van der Waals surface area contributed by atoms with Crippen molar-refractivity contribution >= 4 is 23.5 Å². The van der Waals surface area contributed by atoms with Crippen LogP contribution in [0.2, 0.25) is 0 Å². The molecule has 0 aliphatic carbocycles. The van der Waals surface area contributed by atoms with E-state index in [4.69, 9.17) is 9.52 Å². The maximum atomic E-state index is 12.7. The Morgan fingerprint density at radius 3 is 2.58 bits per heavy atom. The predicted octanol–water partition coefficient (Wildman–Crippen LogP) is 2.54. The zero-order valence-corrected chi connectivity index (χ0v) is 14.2. The van der Waals surface area contributed by atoms with Gasteiger partial charge in [-0.1, -0.05) is 12.1 Å². The molecule has 1 aliphatic rings. The summed E-state index contributed by atoms with van der Waals surface area (Å²) >= 11 is 0. The number of carbonyl (C=O) groups excluding carboxylic acids is 2. The second-order valence-corrected chi connectivity index (χ2v) is 6.24. The summed E-state index contributed by atoms with van der Waals surface area (Å²) in [5.41, 5.74) is 1.22. The topological polar surface area (TPSA) is 99.9 Å². The van der Waals surface area contributed by atoms with Gasteiger partial charge < -0.3 is 19.7 Å². The highest BCUT2D eigenvalue weighted by molar-refractivity contribution is 6.00. The number of nitrogens with one attached hydrogen (secondary N) is 1. The van der Waals surface area contributed by atoms with Crippen LogP contribution in [0.5, 0.6) is 0 Å². The minimum Gasteiger partial charge on any atom is -0.481 e. The average molecular weight is 356 g/mol. The summed E-state index contributed by atoms with van der Waals surface area (Å²) in [5.74, 6) is -1.22. The molecule has 7 nitrogen and oxygen atoms in total. The molecule has 0 saturated carbocycles. The fraction of sp³-hybridized carbons (Fsp3) is 0.316. The van der Waals surface area contributed by atoms with E-state index in [1.54, 1.807) is 41.3 Å². The maximum absolute atomic E-state index is 12.7. The van der Waals surface area contributed by atoms with Gasteiger partial charge in [0, 0.05) is 12.2 Å². The molecule has 2 heterocycles. The number of benzene rings is 1. The minimum atomic E-state index is -0.906. The Morgan fingerprint density at radius 2 is 1.92 bits per heavy atom. The molecule has 1 aromatic heterocycles. The Bertz CT molecular complexity index is 783. The molecule has 1 fully saturated rings. The molecule has 1 unspecified atom stereocenters. The van der Waals surface area contributed by atoms with Crippen molar-refractivity contribution in [3.63, 3.8) is 0 Å². The average Bonchev–Trinajstić information content (AvgIpc) is 3.17. The van der Waals surface area contributed by atoms with Crippen molar-refractivity contribution in [2.24, 2.45) is 0 Å². The van der Waals surface area contributed by atoms with Gasteiger partial charge in [-0.25, -0.2) is 0 Å². The monoisotopic (exact) mass is 356 g/mol. The highest BCUT2D eigenvalue weighted by Gasteiger charge is 2.33. The molecular formula is C19H20N2O5. The Balaban J connectivity index is 1.68. The van der Waals surface area contributed by atoms with Crippen molar-refractivity contribution < 1.29 is 23.9 Å². The molecule has 7 heteroatoms. The SMILES string of the molecule is O=C(O)Cc1ccc(NC(=O)C2CCCCN2C(=O)c2ccco2)cc1. The molecule has 0 radical (unpaired) electrons. The van der Waals surface area contributed by atoms with Gasteiger partial charge in [0.1, 0.15) is 6.04 Å². The zero-order valence-electron chi connectivity index (χ0n) is 14.2. The first kappa shape index (κ1) is 17.7. The number of nitrogens with zero attached hydrogens (tertiary/aromatic N) is 1. The van der Waals surface area contributed by atoms with E-state index in [0.717, 1.165) is 12.8 Å². The summed E-state index contributed by atoms with van der Waals surface area (Å²) in [5, 5.41) is 11.6. The number of furan rings is 1. The maximum Gasteiger partial charge on any atom is 0.307 e. The van der Waals surface area contributed by atoms with Crippen LogP contribution in [-0.4, -0.2) is 40.4 Å². The van der Waals surface area contributed by atoms with E-state index in [1.807, 2.05) is 0 Å². The van der Waals surface area contributed by atoms with Crippen LogP contribution in [0.15, 0.2) is 47.1 Å². The van der Waals surface area contributed by atoms with Gasteiger partial charge in [0.15, 0.2) is 5.76 Å². The van der Waals surface area contributed by atoms with Crippen molar-refractivity contribution in [2.45, 2.75) is 31.7 Å². The molecule has 136 valence electrons. The summed E-state index contributed by atoms with van der Waals surface area (Å²) < 4.78 is 5.17. The molecule has 1 aromatic carbocycles. The molecule has 1 aliphatic heterocycles. The number of carboxylic acid groups (broad SMARTS) is 1. The quantitative estimate of drug-likeness (QED) is 0.857. The van der Waals surface area contributed by atoms with Crippen LogP contribution in [0.4, 0.5) is 5.69 Å². The molecule has 0 spiro atoms. The van der Waals surface area contributed by atoms with Gasteiger partial charge in [0.25, 0.3) is 5.91 Å². The lowest BCUT2D eigenvalue weighted by molar-refractivity contribution is -0.136. The number of amides is 2. The summed E-state index contributed by atoms with van der Waals surface area (Å²) in [6, 6.07) is 9.33. The zero-order chi connectivity index (χ0) is 18.5. The first-order valence-electron chi connectivity index (χ1n) is 8.50. The van der Waals surface area contributed by atoms with Crippen molar-refractivity contribution in [2.75, 3.05) is 11.9 Å². The van der Waals surface area contributed by atoms with Crippen molar-refractivity contribution in [1.29, 1.82) is 0 Å². The van der Waals surface area contributed by atoms with E-state index in [-0.39, 0.29) is 24.0 Å². The lowest BCUT2D eigenvalue weighted by atomic mass is 10.0. The first-order chi connectivity index (χ1) is 12.5. The van der Waals surface area contributed by atoms with Crippen LogP contribution in [-0.2, 0) is 16.0 Å². The van der Waals surface area contributed by atoms with Crippen LogP contribution in [0.25, 0.3) is 0 Å². The molecule has 3 rings (SSSR count). The lowest BCUT2D eigenvalue weighted by Crippen LogP contribution is -2.49. The van der Waals surface area contributed by atoms with E-state index in [9.17, 15) is 14.4 Å². The van der Waals surface area contributed by atoms with Crippen LogP contribution in [0.1, 0.15) is 35.4 Å². The fourth-order valence-corrected chi connectivity index (χ4v) is 3.10. The Labute approximate surface area is 150 Å². The van der Waals surface area contributed by atoms with Gasteiger partial charge in [0.05, 0.1) is 12.7 Å². The summed E-state index contributed by atoms with van der Waals surface area (Å²) in [7, 11) is 0. The van der Waals surface area contributed by atoms with Crippen LogP contribution in [0, 0.1) is 0 Å². The predicted molar refractivity (Wildman–Crippen MR) is 93.8 cm³/mol. The van der Waals surface area contributed by atoms with E-state index < -0.39 is 12.0 Å². The van der Waals surface area contributed by atoms with Crippen LogP contribution < -0.4 is 5.32 Å². The van der Waals surface area contributed by atoms with E-state index in [0.29, 0.717) is 24.2 Å². The molecule has 2 amide bonds. The Morgan fingerprint density at radius 1 is 1.15 bits per heavy atom. The number of hydrogen-bond donors (Lipinski definition) is 2. The summed E-state index contributed by atoms with van der Waals surface area (Å²) in [4.78, 5) is 37.5. The summed E-state index contributed by atoms with van der Waals surface area (Å²) in [6.07, 6.45) is 3.68. The van der Waals surface area contributed by atoms with Crippen molar-refractivity contribution in [3.8, 4) is 0 Å². The molecule has 26 heavy (non-hydrogen) atoms. The molecule has 0 bridgehead atoms. The number of aliphatic carboxylic acids is 1. The number of anilines is 1. The summed E-state index contributed by atoms with van der Waals surface area (Å²) in [6.45, 7) is 0.509. The molecule has 1 atom stereocenters. The van der Waals surface area contributed by atoms with Crippen molar-refractivity contribution in [1.82, 2.24) is 4.90 Å². The fourth-order valence-electron chi connectivity index (χ4n) is 3.10. The van der Waals surface area contributed by atoms with E-state index >= 15 is 0 Å². The van der Waals surface area contributed by atoms with Gasteiger partial charge in [-0.3, -0.25) is 14.4 Å². The van der Waals surface area contributed by atoms with Gasteiger partial charge in [-0.2, -0.15) is 0 Å². The lowest BCUT2D eigenvalue weighted by Gasteiger charge is -2.34. The number of carboxylic acids is 1. The highest BCUT2D eigenvalue weighted by atomic mass is 16.4. The van der Waals surface area contributed by atoms with Gasteiger partial charge >= 0.3 is 5.97 Å². The number of hydrogen-bond acceptors (Lipinski definition) is 4. The van der Waals surface area contributed by atoms with E-state index in [1.165, 1.54) is 6.26 Å². The third-order valence-corrected chi connectivity index (χ3v) is 4.38. The first-order valence-corrected chi connectivity index (χ1v) is 8.50. The van der Waals surface area contributed by atoms with Crippen LogP contribution in [0.3, 0.4) is 0 Å². The number of likely N-dealkylation sites (tertiary alicyclic amines) is 1. The number of carbonyl (C=O) groups is 3. The molecule has 2 aromatic rings. The molecule has 1 saturated heterocycles. The number of rotatable bonds is 5. The Kier molecular flexibility index (Phi) is 5.36.